The number of nitrogens with zero attached hydrogens (tertiary/aromatic N) is 4. The smallest absolute Gasteiger partial charge is 0.331 e. The molecular weight excluding hydrogens is 617 g/mol. The lowest BCUT2D eigenvalue weighted by Crippen LogP contribution is -2.51. The van der Waals surface area contributed by atoms with Crippen molar-refractivity contribution in [3.8, 4) is 16.9 Å². The highest BCUT2D eigenvalue weighted by atomic mass is 35.5. The molecule has 13 heteroatoms. The average Bonchev–Trinajstić information content (AvgIpc) is 3.20. The van der Waals surface area contributed by atoms with Gasteiger partial charge in [0.25, 0.3) is 5.56 Å². The monoisotopic (exact) mass is 653 g/mol. The molecule has 244 valence electrons. The van der Waals surface area contributed by atoms with E-state index in [1.807, 2.05) is 23.1 Å². The zero-order valence-electron chi connectivity index (χ0n) is 26.1. The summed E-state index contributed by atoms with van der Waals surface area (Å²) in [6.45, 7) is 3.89. The van der Waals surface area contributed by atoms with Crippen molar-refractivity contribution in [2.75, 3.05) is 33.3 Å². The number of hydrogen-bond donors (Lipinski definition) is 1. The van der Waals surface area contributed by atoms with Gasteiger partial charge >= 0.3 is 5.69 Å². The molecule has 3 heterocycles. The number of carbonyl (C=O) groups is 3. The minimum atomic E-state index is -0.772. The Balaban J connectivity index is 1.33. The first-order chi connectivity index (χ1) is 22.0. The Morgan fingerprint density at radius 1 is 1.07 bits per heavy atom. The summed E-state index contributed by atoms with van der Waals surface area (Å²) in [5.74, 6) is -0.596. The number of halogens is 2. The van der Waals surface area contributed by atoms with Crippen LogP contribution in [0, 0.1) is 5.82 Å². The van der Waals surface area contributed by atoms with Crippen LogP contribution in [-0.2, 0) is 33.8 Å². The summed E-state index contributed by atoms with van der Waals surface area (Å²) < 4.78 is 21.8. The number of aromatic nitrogens is 2. The fraction of sp³-hybridized carbons (Fsp3) is 0.424. The Kier molecular flexibility index (Phi) is 9.95. The summed E-state index contributed by atoms with van der Waals surface area (Å²) in [5.41, 5.74) is 0.662. The summed E-state index contributed by atoms with van der Waals surface area (Å²) >= 11 is 6.22. The number of nitrogens with one attached hydrogen (secondary N) is 1. The number of hydrogen-bond acceptors (Lipinski definition) is 6. The molecule has 0 saturated carbocycles. The topological polar surface area (TPSA) is 123 Å². The number of amides is 3. The van der Waals surface area contributed by atoms with Crippen LogP contribution < -0.4 is 21.3 Å². The van der Waals surface area contributed by atoms with Crippen LogP contribution in [0.2, 0.25) is 5.02 Å². The van der Waals surface area contributed by atoms with E-state index in [4.69, 9.17) is 16.3 Å². The molecule has 2 aromatic carbocycles. The zero-order chi connectivity index (χ0) is 33.1. The fourth-order valence-corrected chi connectivity index (χ4v) is 6.45. The molecule has 3 amide bonds. The highest BCUT2D eigenvalue weighted by Gasteiger charge is 2.32. The average molecular weight is 654 g/mol. The summed E-state index contributed by atoms with van der Waals surface area (Å²) in [6.07, 6.45) is 3.44. The first kappa shape index (κ1) is 32.9. The summed E-state index contributed by atoms with van der Waals surface area (Å²) in [7, 11) is 1.62. The number of benzene rings is 2. The zero-order valence-corrected chi connectivity index (χ0v) is 26.8. The molecule has 1 atom stereocenters. The van der Waals surface area contributed by atoms with Crippen LogP contribution in [0.15, 0.2) is 52.2 Å². The third kappa shape index (κ3) is 6.86. The van der Waals surface area contributed by atoms with E-state index in [2.05, 4.69) is 5.32 Å². The van der Waals surface area contributed by atoms with E-state index >= 15 is 0 Å². The molecule has 0 spiro atoms. The Hall–Kier alpha value is -4.45. The van der Waals surface area contributed by atoms with Crippen LogP contribution in [0.25, 0.3) is 11.1 Å². The van der Waals surface area contributed by atoms with Crippen molar-refractivity contribution in [2.45, 2.75) is 58.2 Å². The van der Waals surface area contributed by atoms with Crippen molar-refractivity contribution in [1.82, 2.24) is 24.3 Å². The number of methoxy groups -OCH3 is 1. The molecule has 5 rings (SSSR count). The molecule has 3 aromatic rings. The van der Waals surface area contributed by atoms with Crippen molar-refractivity contribution in [3.05, 3.63) is 85.4 Å². The van der Waals surface area contributed by atoms with Gasteiger partial charge in [0.1, 0.15) is 18.1 Å². The number of rotatable bonds is 8. The molecule has 2 aliphatic heterocycles. The van der Waals surface area contributed by atoms with Crippen LogP contribution >= 0.6 is 11.6 Å². The van der Waals surface area contributed by atoms with E-state index in [0.717, 1.165) is 32.1 Å². The van der Waals surface area contributed by atoms with Crippen molar-refractivity contribution >= 4 is 29.3 Å². The molecule has 46 heavy (non-hydrogen) atoms. The summed E-state index contributed by atoms with van der Waals surface area (Å²) in [6, 6.07) is 9.01. The van der Waals surface area contributed by atoms with Gasteiger partial charge in [-0.05, 0) is 55.5 Å². The second-order valence-corrected chi connectivity index (χ2v) is 12.2. The molecule has 0 aliphatic carbocycles. The molecule has 1 fully saturated rings. The molecule has 1 aromatic heterocycles. The second-order valence-electron chi connectivity index (χ2n) is 11.8. The lowest BCUT2D eigenvalue weighted by molar-refractivity contribution is -0.136. The Labute approximate surface area is 270 Å². The van der Waals surface area contributed by atoms with Crippen LogP contribution in [-0.4, -0.2) is 76.0 Å². The highest BCUT2D eigenvalue weighted by molar-refractivity contribution is 6.33. The predicted octanol–water partition coefficient (Wildman–Crippen LogP) is 2.79. The summed E-state index contributed by atoms with van der Waals surface area (Å²) in [5, 5.41) is 2.31. The van der Waals surface area contributed by atoms with Crippen LogP contribution in [0.5, 0.6) is 5.75 Å². The Bertz CT molecular complexity index is 1780. The highest BCUT2D eigenvalue weighted by Crippen LogP contribution is 2.28. The first-order valence-electron chi connectivity index (χ1n) is 15.3. The van der Waals surface area contributed by atoms with Gasteiger partial charge in [0, 0.05) is 50.9 Å². The van der Waals surface area contributed by atoms with Crippen molar-refractivity contribution < 1.29 is 23.5 Å². The van der Waals surface area contributed by atoms with Crippen LogP contribution in [0.4, 0.5) is 4.39 Å². The third-order valence-electron chi connectivity index (χ3n) is 8.78. The molecule has 0 bridgehead atoms. The number of carbonyl (C=O) groups excluding carboxylic acids is 3. The van der Waals surface area contributed by atoms with Gasteiger partial charge in [-0.2, -0.15) is 0 Å². The number of ether oxygens (including phenoxy) is 1. The maximum Gasteiger partial charge on any atom is 0.331 e. The largest absolute Gasteiger partial charge is 0.497 e. The van der Waals surface area contributed by atoms with E-state index < -0.39 is 23.1 Å². The Morgan fingerprint density at radius 2 is 1.80 bits per heavy atom. The van der Waals surface area contributed by atoms with Gasteiger partial charge in [-0.1, -0.05) is 29.8 Å². The van der Waals surface area contributed by atoms with Gasteiger partial charge in [0.2, 0.25) is 17.7 Å². The fourth-order valence-electron chi connectivity index (χ4n) is 6.23. The SMILES string of the molecule is COc1ccc2c(c1)CCN(C1CCN(C(=O)Cn3cc(-c4cccc(F)c4Cl)c(=O)n([C@@H](C)CNC(C)=O)c3=O)CC1)C(=O)C2. The lowest BCUT2D eigenvalue weighted by Gasteiger charge is -2.38. The molecule has 1 N–H and O–H groups in total. The van der Waals surface area contributed by atoms with Crippen molar-refractivity contribution in [1.29, 1.82) is 0 Å². The van der Waals surface area contributed by atoms with E-state index in [-0.39, 0.29) is 53.0 Å². The molecule has 0 radical (unpaired) electrons. The van der Waals surface area contributed by atoms with Gasteiger partial charge in [-0.15, -0.1) is 0 Å². The molecule has 11 nitrogen and oxygen atoms in total. The van der Waals surface area contributed by atoms with Gasteiger partial charge in [0.15, 0.2) is 0 Å². The van der Waals surface area contributed by atoms with Gasteiger partial charge in [-0.25, -0.2) is 9.18 Å². The van der Waals surface area contributed by atoms with Crippen LogP contribution in [0.1, 0.15) is 43.9 Å². The third-order valence-corrected chi connectivity index (χ3v) is 9.16. The predicted molar refractivity (Wildman–Crippen MR) is 170 cm³/mol. The van der Waals surface area contributed by atoms with E-state index in [1.54, 1.807) is 18.9 Å². The standard InChI is InChI=1S/C33H37ClFN5O6/c1-20(17-36-21(2)41)40-32(44)27(26-5-4-6-28(35)31(26)34)18-38(33(40)45)19-30(43)37-12-10-24(11-13-37)39-14-9-23-15-25(46-3)8-7-22(23)16-29(39)42/h4-8,15,18,20,24H,9-14,16-17,19H2,1-3H3,(H,36,41)/t20-/m0/s1. The maximum atomic E-state index is 14.4. The number of piperidine rings is 1. The molecule has 2 aliphatic rings. The van der Waals surface area contributed by atoms with Gasteiger partial charge < -0.3 is 19.9 Å². The normalized spacial score (nSPS) is 16.1. The number of likely N-dealkylation sites (tertiary alicyclic amines) is 1. The van der Waals surface area contributed by atoms with Gasteiger partial charge in [0.05, 0.1) is 30.2 Å². The summed E-state index contributed by atoms with van der Waals surface area (Å²) in [4.78, 5) is 68.9. The minimum absolute atomic E-state index is 0.0138. The minimum Gasteiger partial charge on any atom is -0.497 e. The quantitative estimate of drug-likeness (QED) is 0.399. The Morgan fingerprint density at radius 3 is 2.50 bits per heavy atom. The lowest BCUT2D eigenvalue weighted by atomic mass is 10.0. The molecule has 0 unspecified atom stereocenters. The van der Waals surface area contributed by atoms with Crippen LogP contribution in [0.3, 0.4) is 0 Å². The maximum absolute atomic E-state index is 14.4. The molecular formula is C33H37ClFN5O6. The van der Waals surface area contributed by atoms with Crippen molar-refractivity contribution in [2.24, 2.45) is 0 Å². The molecule has 1 saturated heterocycles. The number of fused-ring (bicyclic) bond motifs is 1. The van der Waals surface area contributed by atoms with E-state index in [9.17, 15) is 28.4 Å². The van der Waals surface area contributed by atoms with E-state index in [1.165, 1.54) is 25.3 Å². The van der Waals surface area contributed by atoms with Crippen molar-refractivity contribution in [3.63, 3.8) is 0 Å². The second kappa shape index (κ2) is 13.9. The van der Waals surface area contributed by atoms with Gasteiger partial charge in [-0.3, -0.25) is 28.3 Å². The first-order valence-corrected chi connectivity index (χ1v) is 15.6. The van der Waals surface area contributed by atoms with E-state index in [0.29, 0.717) is 45.3 Å².